The molecule has 0 fully saturated rings. The average Bonchev–Trinajstić information content (AvgIpc) is 3.32. The Kier molecular flexibility index (Phi) is 10.1. The van der Waals surface area contributed by atoms with Crippen LogP contribution >= 0.6 is 0 Å². The Balaban J connectivity index is 1.29. The minimum absolute atomic E-state index is 0.0541. The van der Waals surface area contributed by atoms with E-state index < -0.39 is 0 Å². The fourth-order valence-corrected chi connectivity index (χ4v) is 9.40. The molecule has 10 aromatic carbocycles. The number of hydrogen-bond donors (Lipinski definition) is 0. The highest BCUT2D eigenvalue weighted by Gasteiger charge is 2.24. The van der Waals surface area contributed by atoms with Crippen LogP contribution in [0.25, 0.3) is 76.8 Å². The number of nitrogens with zero attached hydrogens (tertiary/aromatic N) is 1. The highest BCUT2D eigenvalue weighted by Crippen LogP contribution is 2.50. The molecule has 0 atom stereocenters. The van der Waals surface area contributed by atoms with E-state index in [1.54, 1.807) is 0 Å². The Morgan fingerprint density at radius 1 is 0.286 bits per heavy atom. The zero-order chi connectivity index (χ0) is 43.3. The van der Waals surface area contributed by atoms with E-state index in [4.69, 9.17) is 0 Å². The first kappa shape index (κ1) is 39.9. The van der Waals surface area contributed by atoms with Gasteiger partial charge in [0.25, 0.3) is 0 Å². The molecule has 0 amide bonds. The van der Waals surface area contributed by atoms with Crippen LogP contribution in [-0.4, -0.2) is 0 Å². The standard InChI is InChI=1S/C62H53N/c1-61(2,3)47-30-34-49(35-31-47)63(50-36-32-48(33-37-50)62(4,5)6)51-38-39-54-57(40-51)52-24-16-17-25-53(52)59-56(44-20-12-8-13-21-44)41-55(58(60(54)59)46-22-14-9-15-23-46)45-28-26-43(27-29-45)42-18-10-7-11-19-42/h7-41H,1-6H3. The first-order valence-electron chi connectivity index (χ1n) is 22.3. The van der Waals surface area contributed by atoms with E-state index in [0.717, 1.165) is 17.1 Å². The lowest BCUT2D eigenvalue weighted by molar-refractivity contribution is 0.590. The van der Waals surface area contributed by atoms with E-state index in [1.165, 1.54) is 88.0 Å². The van der Waals surface area contributed by atoms with Gasteiger partial charge in [-0.1, -0.05) is 211 Å². The molecule has 10 rings (SSSR count). The molecule has 0 aliphatic rings. The van der Waals surface area contributed by atoms with Crippen LogP contribution in [0.15, 0.2) is 212 Å². The predicted molar refractivity (Wildman–Crippen MR) is 273 cm³/mol. The van der Waals surface area contributed by atoms with Crippen molar-refractivity contribution < 1.29 is 0 Å². The third kappa shape index (κ3) is 7.49. The van der Waals surface area contributed by atoms with Crippen molar-refractivity contribution in [1.29, 1.82) is 0 Å². The molecule has 0 saturated carbocycles. The van der Waals surface area contributed by atoms with Gasteiger partial charge in [-0.25, -0.2) is 0 Å². The maximum Gasteiger partial charge on any atom is 0.0468 e. The summed E-state index contributed by atoms with van der Waals surface area (Å²) in [5.41, 5.74) is 15.8. The van der Waals surface area contributed by atoms with Crippen LogP contribution in [0.1, 0.15) is 52.7 Å². The van der Waals surface area contributed by atoms with E-state index in [0.29, 0.717) is 0 Å². The molecule has 0 unspecified atom stereocenters. The topological polar surface area (TPSA) is 3.24 Å². The van der Waals surface area contributed by atoms with Gasteiger partial charge in [0, 0.05) is 17.1 Å². The van der Waals surface area contributed by atoms with E-state index in [1.807, 2.05) is 0 Å². The lowest BCUT2D eigenvalue weighted by atomic mass is 9.81. The van der Waals surface area contributed by atoms with Crippen molar-refractivity contribution in [3.8, 4) is 44.5 Å². The summed E-state index contributed by atoms with van der Waals surface area (Å²) in [6.07, 6.45) is 0. The van der Waals surface area contributed by atoms with E-state index in [-0.39, 0.29) is 10.8 Å². The third-order valence-corrected chi connectivity index (χ3v) is 12.8. The van der Waals surface area contributed by atoms with Crippen molar-refractivity contribution in [2.75, 3.05) is 4.90 Å². The van der Waals surface area contributed by atoms with Crippen LogP contribution < -0.4 is 4.90 Å². The van der Waals surface area contributed by atoms with Gasteiger partial charge in [0.15, 0.2) is 0 Å². The number of benzene rings is 10. The maximum atomic E-state index is 2.45. The zero-order valence-electron chi connectivity index (χ0n) is 37.2. The molecule has 306 valence electrons. The second-order valence-corrected chi connectivity index (χ2v) is 19.0. The Morgan fingerprint density at radius 3 is 1.24 bits per heavy atom. The molecule has 0 saturated heterocycles. The van der Waals surface area contributed by atoms with Gasteiger partial charge in [0.05, 0.1) is 0 Å². The summed E-state index contributed by atoms with van der Waals surface area (Å²) in [6.45, 7) is 13.7. The molecular formula is C62H53N. The van der Waals surface area contributed by atoms with Gasteiger partial charge >= 0.3 is 0 Å². The summed E-state index contributed by atoms with van der Waals surface area (Å²) in [6, 6.07) is 78.7. The number of anilines is 3. The molecule has 1 heteroatoms. The minimum Gasteiger partial charge on any atom is -0.310 e. The van der Waals surface area contributed by atoms with Crippen molar-refractivity contribution >= 4 is 49.4 Å². The quantitative estimate of drug-likeness (QED) is 0.145. The van der Waals surface area contributed by atoms with Crippen molar-refractivity contribution in [2.45, 2.75) is 52.4 Å². The SMILES string of the molecule is CC(C)(C)c1ccc(N(c2ccc(C(C)(C)C)cc2)c2ccc3c(c2)c2ccccc2c2c(-c4ccccc4)cc(-c4ccc(-c5ccccc5)cc4)c(-c4ccccc4)c32)cc1. The monoisotopic (exact) mass is 811 g/mol. The molecule has 0 N–H and O–H groups in total. The van der Waals surface area contributed by atoms with Gasteiger partial charge in [0.1, 0.15) is 0 Å². The van der Waals surface area contributed by atoms with Crippen molar-refractivity contribution in [3.05, 3.63) is 223 Å². The fraction of sp³-hybridized carbons (Fsp3) is 0.129. The Bertz CT molecular complexity index is 3170. The Labute approximate surface area is 372 Å². The fourth-order valence-electron chi connectivity index (χ4n) is 9.40. The van der Waals surface area contributed by atoms with Crippen LogP contribution in [0.5, 0.6) is 0 Å². The van der Waals surface area contributed by atoms with Crippen molar-refractivity contribution in [2.24, 2.45) is 0 Å². The summed E-state index contributed by atoms with van der Waals surface area (Å²) in [4.78, 5) is 2.43. The second kappa shape index (κ2) is 15.9. The first-order valence-corrected chi connectivity index (χ1v) is 22.3. The normalized spacial score (nSPS) is 12.0. The molecule has 63 heavy (non-hydrogen) atoms. The summed E-state index contributed by atoms with van der Waals surface area (Å²) < 4.78 is 0. The van der Waals surface area contributed by atoms with Gasteiger partial charge in [-0.15, -0.1) is 0 Å². The summed E-state index contributed by atoms with van der Waals surface area (Å²) in [5, 5.41) is 7.48. The van der Waals surface area contributed by atoms with Crippen LogP contribution in [0, 0.1) is 0 Å². The molecule has 0 aromatic heterocycles. The molecule has 0 aliphatic heterocycles. The average molecular weight is 812 g/mol. The van der Waals surface area contributed by atoms with Gasteiger partial charge in [0.2, 0.25) is 0 Å². The van der Waals surface area contributed by atoms with Crippen LogP contribution in [0.4, 0.5) is 17.1 Å². The molecule has 0 aliphatic carbocycles. The lowest BCUT2D eigenvalue weighted by Crippen LogP contribution is -2.14. The van der Waals surface area contributed by atoms with E-state index in [9.17, 15) is 0 Å². The van der Waals surface area contributed by atoms with Crippen LogP contribution in [0.2, 0.25) is 0 Å². The Hall–Kier alpha value is -7.22. The van der Waals surface area contributed by atoms with Gasteiger partial charge in [-0.3, -0.25) is 0 Å². The van der Waals surface area contributed by atoms with Gasteiger partial charge in [-0.2, -0.15) is 0 Å². The molecule has 0 bridgehead atoms. The molecule has 0 heterocycles. The summed E-state index contributed by atoms with van der Waals surface area (Å²) in [5.74, 6) is 0. The van der Waals surface area contributed by atoms with Gasteiger partial charge < -0.3 is 4.90 Å². The number of hydrogen-bond acceptors (Lipinski definition) is 1. The van der Waals surface area contributed by atoms with Gasteiger partial charge in [-0.05, 0) is 141 Å². The van der Waals surface area contributed by atoms with Crippen molar-refractivity contribution in [1.82, 2.24) is 0 Å². The largest absolute Gasteiger partial charge is 0.310 e. The predicted octanol–water partition coefficient (Wildman–Crippen LogP) is 17.9. The Morgan fingerprint density at radius 2 is 0.698 bits per heavy atom. The lowest BCUT2D eigenvalue weighted by Gasteiger charge is -2.29. The second-order valence-electron chi connectivity index (χ2n) is 19.0. The minimum atomic E-state index is 0.0541. The first-order chi connectivity index (χ1) is 30.5. The smallest absolute Gasteiger partial charge is 0.0468 e. The van der Waals surface area contributed by atoms with Crippen LogP contribution in [0.3, 0.4) is 0 Å². The number of fused-ring (bicyclic) bond motifs is 6. The molecule has 10 aromatic rings. The number of rotatable bonds is 7. The highest BCUT2D eigenvalue weighted by molar-refractivity contribution is 6.33. The summed E-state index contributed by atoms with van der Waals surface area (Å²) >= 11 is 0. The highest BCUT2D eigenvalue weighted by atomic mass is 15.1. The van der Waals surface area contributed by atoms with E-state index >= 15 is 0 Å². The molecular weight excluding hydrogens is 759 g/mol. The molecule has 0 radical (unpaired) electrons. The molecule has 0 spiro atoms. The van der Waals surface area contributed by atoms with E-state index in [2.05, 4.69) is 259 Å². The maximum absolute atomic E-state index is 2.45. The third-order valence-electron chi connectivity index (χ3n) is 12.8. The zero-order valence-corrected chi connectivity index (χ0v) is 37.2. The molecule has 1 nitrogen and oxygen atoms in total. The van der Waals surface area contributed by atoms with Crippen molar-refractivity contribution in [3.63, 3.8) is 0 Å². The summed E-state index contributed by atoms with van der Waals surface area (Å²) in [7, 11) is 0. The van der Waals surface area contributed by atoms with Crippen LogP contribution in [-0.2, 0) is 10.8 Å².